The van der Waals surface area contributed by atoms with Crippen LogP contribution >= 0.6 is 0 Å². The number of imidazole rings is 1. The summed E-state index contributed by atoms with van der Waals surface area (Å²) in [5, 5.41) is 3.03. The molecule has 1 aromatic heterocycles. The second kappa shape index (κ2) is 13.1. The van der Waals surface area contributed by atoms with E-state index < -0.39 is 0 Å². The summed E-state index contributed by atoms with van der Waals surface area (Å²) in [6.07, 6.45) is 5.01. The SMILES string of the molecule is CC(C)N(C(=O)Cn1c(CCCCCNC(=O)CCc2ccccc2)nc2ccccc21)C(C)C. The zero-order chi connectivity index (χ0) is 25.2. The van der Waals surface area contributed by atoms with Crippen LogP contribution in [0.1, 0.15) is 64.8 Å². The summed E-state index contributed by atoms with van der Waals surface area (Å²) in [6.45, 7) is 9.25. The lowest BCUT2D eigenvalue weighted by atomic mass is 10.1. The van der Waals surface area contributed by atoms with Crippen LogP contribution in [0.3, 0.4) is 0 Å². The van der Waals surface area contributed by atoms with Crippen molar-refractivity contribution in [2.75, 3.05) is 6.54 Å². The third-order valence-corrected chi connectivity index (χ3v) is 6.31. The predicted molar refractivity (Wildman–Crippen MR) is 142 cm³/mol. The number of hydrogen-bond acceptors (Lipinski definition) is 3. The molecule has 0 atom stereocenters. The quantitative estimate of drug-likeness (QED) is 0.347. The number of nitrogens with one attached hydrogen (secondary N) is 1. The lowest BCUT2D eigenvalue weighted by molar-refractivity contribution is -0.135. The smallest absolute Gasteiger partial charge is 0.243 e. The third kappa shape index (κ3) is 7.67. The minimum absolute atomic E-state index is 0.106. The second-order valence-corrected chi connectivity index (χ2v) is 9.74. The maximum absolute atomic E-state index is 13.1. The standard InChI is InChI=1S/C29H40N4O2/c1-22(2)33(23(3)4)29(35)21-32-26-16-11-10-15-25(26)31-27(32)17-9-6-12-20-30-28(34)19-18-24-13-7-5-8-14-24/h5,7-8,10-11,13-16,22-23H,6,9,12,17-21H2,1-4H3,(H,30,34). The Balaban J connectivity index is 1.49. The molecule has 0 aliphatic carbocycles. The molecule has 0 radical (unpaired) electrons. The zero-order valence-electron chi connectivity index (χ0n) is 21.7. The molecule has 2 amide bonds. The van der Waals surface area contributed by atoms with Crippen molar-refractivity contribution in [3.63, 3.8) is 0 Å². The van der Waals surface area contributed by atoms with Crippen molar-refractivity contribution in [1.82, 2.24) is 19.8 Å². The van der Waals surface area contributed by atoms with E-state index in [4.69, 9.17) is 4.98 Å². The van der Waals surface area contributed by atoms with Crippen molar-refractivity contribution in [3.8, 4) is 0 Å². The largest absolute Gasteiger partial charge is 0.356 e. The first-order valence-corrected chi connectivity index (χ1v) is 12.9. The predicted octanol–water partition coefficient (Wildman–Crippen LogP) is 5.14. The van der Waals surface area contributed by atoms with Crippen molar-refractivity contribution in [2.45, 2.75) is 84.8 Å². The van der Waals surface area contributed by atoms with E-state index in [1.165, 1.54) is 5.56 Å². The minimum Gasteiger partial charge on any atom is -0.356 e. The number of unbranched alkanes of at least 4 members (excludes halogenated alkanes) is 2. The van der Waals surface area contributed by atoms with E-state index in [0.717, 1.165) is 49.0 Å². The first-order valence-electron chi connectivity index (χ1n) is 12.9. The Hall–Kier alpha value is -3.15. The number of aryl methyl sites for hydroxylation is 2. The van der Waals surface area contributed by atoms with E-state index in [2.05, 4.69) is 49.7 Å². The lowest BCUT2D eigenvalue weighted by Gasteiger charge is -2.31. The van der Waals surface area contributed by atoms with Crippen molar-refractivity contribution < 1.29 is 9.59 Å². The summed E-state index contributed by atoms with van der Waals surface area (Å²) in [5.41, 5.74) is 3.13. The van der Waals surface area contributed by atoms with Crippen molar-refractivity contribution in [2.24, 2.45) is 0 Å². The number of para-hydroxylation sites is 2. The molecule has 0 aliphatic rings. The molecule has 0 fully saturated rings. The molecule has 0 aliphatic heterocycles. The monoisotopic (exact) mass is 476 g/mol. The Morgan fingerprint density at radius 3 is 2.29 bits per heavy atom. The fraction of sp³-hybridized carbons (Fsp3) is 0.483. The van der Waals surface area contributed by atoms with Gasteiger partial charge in [0.2, 0.25) is 11.8 Å². The highest BCUT2D eigenvalue weighted by Gasteiger charge is 2.22. The molecular formula is C29H40N4O2. The molecule has 2 aromatic carbocycles. The Bertz CT molecular complexity index is 1080. The molecular weight excluding hydrogens is 436 g/mol. The van der Waals surface area contributed by atoms with E-state index in [1.807, 2.05) is 47.4 Å². The normalized spacial score (nSPS) is 11.4. The Labute approximate surface area is 209 Å². The third-order valence-electron chi connectivity index (χ3n) is 6.31. The van der Waals surface area contributed by atoms with E-state index in [1.54, 1.807) is 0 Å². The minimum atomic E-state index is 0.106. The van der Waals surface area contributed by atoms with Gasteiger partial charge in [-0.1, -0.05) is 48.9 Å². The maximum Gasteiger partial charge on any atom is 0.243 e. The van der Waals surface area contributed by atoms with Gasteiger partial charge in [0.05, 0.1) is 11.0 Å². The molecule has 1 N–H and O–H groups in total. The summed E-state index contributed by atoms with van der Waals surface area (Å²) in [7, 11) is 0. The topological polar surface area (TPSA) is 67.2 Å². The van der Waals surface area contributed by atoms with Gasteiger partial charge in [0, 0.05) is 31.5 Å². The number of benzene rings is 2. The van der Waals surface area contributed by atoms with Crippen molar-refractivity contribution in [1.29, 1.82) is 0 Å². The number of fused-ring (bicyclic) bond motifs is 1. The fourth-order valence-electron chi connectivity index (χ4n) is 4.69. The maximum atomic E-state index is 13.1. The molecule has 0 bridgehead atoms. The number of carbonyl (C=O) groups excluding carboxylic acids is 2. The molecule has 0 saturated carbocycles. The second-order valence-electron chi connectivity index (χ2n) is 9.74. The van der Waals surface area contributed by atoms with Crippen LogP contribution in [0.5, 0.6) is 0 Å². The number of carbonyl (C=O) groups is 2. The van der Waals surface area contributed by atoms with Crippen LogP contribution in [0.25, 0.3) is 11.0 Å². The van der Waals surface area contributed by atoms with Crippen molar-refractivity contribution >= 4 is 22.8 Å². The fourth-order valence-corrected chi connectivity index (χ4v) is 4.69. The van der Waals surface area contributed by atoms with Gasteiger partial charge in [-0.3, -0.25) is 9.59 Å². The summed E-state index contributed by atoms with van der Waals surface area (Å²) < 4.78 is 2.08. The van der Waals surface area contributed by atoms with Crippen molar-refractivity contribution in [3.05, 3.63) is 66.0 Å². The highest BCUT2D eigenvalue weighted by atomic mass is 16.2. The highest BCUT2D eigenvalue weighted by molar-refractivity contribution is 5.81. The van der Waals surface area contributed by atoms with E-state index in [0.29, 0.717) is 19.5 Å². The number of hydrogen-bond donors (Lipinski definition) is 1. The van der Waals surface area contributed by atoms with Crippen LogP contribution in [-0.4, -0.2) is 44.9 Å². The van der Waals surface area contributed by atoms with Gasteiger partial charge in [-0.2, -0.15) is 0 Å². The van der Waals surface area contributed by atoms with Gasteiger partial charge in [-0.15, -0.1) is 0 Å². The Morgan fingerprint density at radius 1 is 0.886 bits per heavy atom. The molecule has 0 saturated heterocycles. The molecule has 6 nitrogen and oxygen atoms in total. The molecule has 35 heavy (non-hydrogen) atoms. The lowest BCUT2D eigenvalue weighted by Crippen LogP contribution is -2.43. The molecule has 0 spiro atoms. The van der Waals surface area contributed by atoms with E-state index in [-0.39, 0.29) is 23.9 Å². The van der Waals surface area contributed by atoms with Crippen LogP contribution < -0.4 is 5.32 Å². The van der Waals surface area contributed by atoms with Gasteiger partial charge in [0.1, 0.15) is 12.4 Å². The molecule has 0 unspecified atom stereocenters. The van der Waals surface area contributed by atoms with Gasteiger partial charge in [0.25, 0.3) is 0 Å². The highest BCUT2D eigenvalue weighted by Crippen LogP contribution is 2.19. The first-order chi connectivity index (χ1) is 16.9. The number of amides is 2. The summed E-state index contributed by atoms with van der Waals surface area (Å²) in [6, 6.07) is 18.4. The number of nitrogens with zero attached hydrogens (tertiary/aromatic N) is 3. The van der Waals surface area contributed by atoms with Gasteiger partial charge in [-0.25, -0.2) is 4.98 Å². The first kappa shape index (κ1) is 26.5. The Kier molecular flexibility index (Phi) is 9.88. The van der Waals surface area contributed by atoms with Gasteiger partial charge >= 0.3 is 0 Å². The molecule has 3 aromatic rings. The van der Waals surface area contributed by atoms with Gasteiger partial charge in [-0.05, 0) is 64.7 Å². The summed E-state index contributed by atoms with van der Waals surface area (Å²) in [4.78, 5) is 32.0. The number of rotatable bonds is 13. The summed E-state index contributed by atoms with van der Waals surface area (Å²) >= 11 is 0. The molecule has 6 heteroatoms. The van der Waals surface area contributed by atoms with Gasteiger partial charge < -0.3 is 14.8 Å². The van der Waals surface area contributed by atoms with Crippen LogP contribution in [0.2, 0.25) is 0 Å². The van der Waals surface area contributed by atoms with Crippen LogP contribution in [0.4, 0.5) is 0 Å². The average molecular weight is 477 g/mol. The zero-order valence-corrected chi connectivity index (χ0v) is 21.7. The van der Waals surface area contributed by atoms with E-state index >= 15 is 0 Å². The van der Waals surface area contributed by atoms with Gasteiger partial charge in [0.15, 0.2) is 0 Å². The van der Waals surface area contributed by atoms with Crippen LogP contribution in [0.15, 0.2) is 54.6 Å². The summed E-state index contributed by atoms with van der Waals surface area (Å²) in [5.74, 6) is 1.19. The molecule has 188 valence electrons. The average Bonchev–Trinajstić information content (AvgIpc) is 3.17. The van der Waals surface area contributed by atoms with Crippen LogP contribution in [0, 0.1) is 0 Å². The van der Waals surface area contributed by atoms with Crippen LogP contribution in [-0.2, 0) is 29.0 Å². The number of aromatic nitrogens is 2. The van der Waals surface area contributed by atoms with E-state index in [9.17, 15) is 9.59 Å². The Morgan fingerprint density at radius 2 is 1.57 bits per heavy atom. The molecule has 3 rings (SSSR count). The molecule has 1 heterocycles.